The number of amides is 1. The van der Waals surface area contributed by atoms with E-state index < -0.39 is 10.8 Å². The molecule has 0 saturated heterocycles. The maximum atomic E-state index is 12.2. The predicted octanol–water partition coefficient (Wildman–Crippen LogP) is 4.68. The molecule has 4 rings (SSSR count). The fourth-order valence-corrected chi connectivity index (χ4v) is 3.82. The Hall–Kier alpha value is -4.51. The van der Waals surface area contributed by atoms with Crippen LogP contribution in [0, 0.1) is 10.1 Å². The highest BCUT2D eigenvalue weighted by Crippen LogP contribution is 2.28. The Bertz CT molecular complexity index is 1340. The van der Waals surface area contributed by atoms with Gasteiger partial charge in [0.1, 0.15) is 0 Å². The van der Waals surface area contributed by atoms with Crippen molar-refractivity contribution in [2.45, 2.75) is 0 Å². The number of anilines is 2. The Labute approximate surface area is 198 Å². The molecule has 11 heteroatoms. The second-order valence-corrected chi connectivity index (χ2v) is 7.94. The molecule has 0 spiro atoms. The molecule has 10 nitrogen and oxygen atoms in total. The lowest BCUT2D eigenvalue weighted by Crippen LogP contribution is -2.20. The molecule has 0 radical (unpaired) electrons. The first-order valence-electron chi connectivity index (χ1n) is 10.0. The first kappa shape index (κ1) is 22.7. The summed E-state index contributed by atoms with van der Waals surface area (Å²) >= 11 is 1.50. The number of carbonyl (C=O) groups excluding carboxylic acids is 1. The van der Waals surface area contributed by atoms with Crippen molar-refractivity contribution in [3.05, 3.63) is 82.4 Å². The van der Waals surface area contributed by atoms with E-state index >= 15 is 0 Å². The highest BCUT2D eigenvalue weighted by Gasteiger charge is 2.11. The van der Waals surface area contributed by atoms with Crippen molar-refractivity contribution in [1.29, 1.82) is 0 Å². The quantitative estimate of drug-likeness (QED) is 0.204. The van der Waals surface area contributed by atoms with Crippen molar-refractivity contribution in [2.24, 2.45) is 5.10 Å². The van der Waals surface area contributed by atoms with Crippen LogP contribution in [0.15, 0.2) is 71.8 Å². The van der Waals surface area contributed by atoms with E-state index in [4.69, 9.17) is 9.47 Å². The van der Waals surface area contributed by atoms with Gasteiger partial charge in [-0.2, -0.15) is 5.10 Å². The van der Waals surface area contributed by atoms with E-state index in [1.54, 1.807) is 30.5 Å². The number of nitro benzene ring substituents is 1. The molecular weight excluding hydrogens is 458 g/mol. The lowest BCUT2D eigenvalue weighted by molar-refractivity contribution is -0.384. The second kappa shape index (κ2) is 10.4. The van der Waals surface area contributed by atoms with Gasteiger partial charge in [-0.1, -0.05) is 29.5 Å². The first-order valence-corrected chi connectivity index (χ1v) is 10.8. The molecule has 2 N–H and O–H groups in total. The molecule has 1 heterocycles. The summed E-state index contributed by atoms with van der Waals surface area (Å²) in [4.78, 5) is 27.0. The van der Waals surface area contributed by atoms with Crippen molar-refractivity contribution in [2.75, 3.05) is 24.5 Å². The van der Waals surface area contributed by atoms with Gasteiger partial charge in [-0.05, 0) is 42.0 Å². The zero-order chi connectivity index (χ0) is 23.9. The van der Waals surface area contributed by atoms with Crippen LogP contribution in [0.4, 0.5) is 16.5 Å². The van der Waals surface area contributed by atoms with E-state index in [1.165, 1.54) is 36.6 Å². The maximum absolute atomic E-state index is 12.2. The molecule has 4 aromatic rings. The van der Waals surface area contributed by atoms with Gasteiger partial charge in [-0.25, -0.2) is 4.98 Å². The van der Waals surface area contributed by atoms with Gasteiger partial charge in [0.05, 0.1) is 28.5 Å². The molecule has 172 valence electrons. The highest BCUT2D eigenvalue weighted by molar-refractivity contribution is 7.22. The molecule has 1 amide bonds. The molecule has 34 heavy (non-hydrogen) atoms. The molecular formula is C23H19N5O5S. The number of rotatable bonds is 9. The van der Waals surface area contributed by atoms with Gasteiger partial charge in [0.2, 0.25) is 5.13 Å². The smallest absolute Gasteiger partial charge is 0.271 e. The third-order valence-electron chi connectivity index (χ3n) is 4.55. The van der Waals surface area contributed by atoms with Crippen LogP contribution < -0.4 is 20.2 Å². The van der Waals surface area contributed by atoms with Crippen LogP contribution in [-0.2, 0) is 4.79 Å². The van der Waals surface area contributed by atoms with Gasteiger partial charge in [0, 0.05) is 17.8 Å². The number of methoxy groups -OCH3 is 1. The fraction of sp³-hybridized carbons (Fsp3) is 0.0870. The van der Waals surface area contributed by atoms with E-state index in [2.05, 4.69) is 20.8 Å². The van der Waals surface area contributed by atoms with Crippen molar-refractivity contribution >= 4 is 50.2 Å². The van der Waals surface area contributed by atoms with Crippen molar-refractivity contribution in [3.8, 4) is 11.5 Å². The van der Waals surface area contributed by atoms with Crippen molar-refractivity contribution < 1.29 is 19.2 Å². The van der Waals surface area contributed by atoms with E-state index in [-0.39, 0.29) is 12.3 Å². The molecule has 0 unspecified atom stereocenters. The number of nitro groups is 1. The van der Waals surface area contributed by atoms with Gasteiger partial charge < -0.3 is 14.8 Å². The third kappa shape index (κ3) is 5.64. The lowest BCUT2D eigenvalue weighted by atomic mass is 10.2. The van der Waals surface area contributed by atoms with Gasteiger partial charge in [-0.3, -0.25) is 20.3 Å². The zero-order valence-corrected chi connectivity index (χ0v) is 18.7. The summed E-state index contributed by atoms with van der Waals surface area (Å²) in [5.41, 5.74) is 4.76. The summed E-state index contributed by atoms with van der Waals surface area (Å²) in [6.45, 7) is -0.300. The molecule has 0 atom stereocenters. The average molecular weight is 478 g/mol. The molecule has 0 fully saturated rings. The number of nitrogens with zero attached hydrogens (tertiary/aromatic N) is 3. The summed E-state index contributed by atoms with van der Waals surface area (Å²) in [7, 11) is 1.49. The number of ether oxygens (including phenoxy) is 2. The Morgan fingerprint density at radius 3 is 2.79 bits per heavy atom. The van der Waals surface area contributed by atoms with Crippen LogP contribution >= 0.6 is 11.3 Å². The van der Waals surface area contributed by atoms with Crippen LogP contribution in [0.2, 0.25) is 0 Å². The van der Waals surface area contributed by atoms with Crippen LogP contribution in [0.5, 0.6) is 11.5 Å². The van der Waals surface area contributed by atoms with Crippen LogP contribution in [0.1, 0.15) is 5.56 Å². The molecule has 0 aliphatic carbocycles. The SMILES string of the molecule is COc1cc(/C=N/Nc2nc3ccccc3s2)ccc1OCC(=O)Nc1cccc([N+](=O)[O-])c1. The van der Waals surface area contributed by atoms with Crippen LogP contribution in [-0.4, -0.2) is 35.7 Å². The Morgan fingerprint density at radius 2 is 2.00 bits per heavy atom. The lowest BCUT2D eigenvalue weighted by Gasteiger charge is -2.11. The normalized spacial score (nSPS) is 10.9. The Morgan fingerprint density at radius 1 is 1.15 bits per heavy atom. The zero-order valence-electron chi connectivity index (χ0n) is 17.9. The number of aromatic nitrogens is 1. The number of benzene rings is 3. The fourth-order valence-electron chi connectivity index (χ4n) is 3.00. The number of hydrogen-bond donors (Lipinski definition) is 2. The minimum atomic E-state index is -0.531. The number of thiazole rings is 1. The van der Waals surface area contributed by atoms with Crippen molar-refractivity contribution in [1.82, 2.24) is 4.98 Å². The summed E-state index contributed by atoms with van der Waals surface area (Å²) < 4.78 is 12.0. The highest BCUT2D eigenvalue weighted by atomic mass is 32.1. The summed E-state index contributed by atoms with van der Waals surface area (Å²) in [5.74, 6) is 0.327. The third-order valence-corrected chi connectivity index (χ3v) is 5.50. The number of non-ortho nitro benzene ring substituents is 1. The van der Waals surface area contributed by atoms with Crippen molar-refractivity contribution in [3.63, 3.8) is 0 Å². The number of hydrogen-bond acceptors (Lipinski definition) is 9. The summed E-state index contributed by atoms with van der Waals surface area (Å²) in [5, 5.41) is 18.3. The predicted molar refractivity (Wildman–Crippen MR) is 131 cm³/mol. The monoisotopic (exact) mass is 477 g/mol. The molecule has 0 aliphatic rings. The van der Waals surface area contributed by atoms with Gasteiger partial charge in [0.15, 0.2) is 18.1 Å². The molecule has 0 saturated carbocycles. The molecule has 0 aliphatic heterocycles. The van der Waals surface area contributed by atoms with E-state index in [0.717, 1.165) is 15.8 Å². The van der Waals surface area contributed by atoms with Gasteiger partial charge in [-0.15, -0.1) is 0 Å². The molecule has 0 bridgehead atoms. The standard InChI is InChI=1S/C23H19N5O5S/c1-32-20-11-15(13-24-27-23-26-18-7-2-3-8-21(18)34-23)9-10-19(20)33-14-22(29)25-16-5-4-6-17(12-16)28(30)31/h2-13H,14H2,1H3,(H,25,29)(H,26,27)/b24-13+. The largest absolute Gasteiger partial charge is 0.493 e. The number of para-hydroxylation sites is 1. The topological polar surface area (TPSA) is 128 Å². The average Bonchev–Trinajstić information content (AvgIpc) is 3.26. The van der Waals surface area contributed by atoms with Gasteiger partial charge >= 0.3 is 0 Å². The second-order valence-electron chi connectivity index (χ2n) is 6.91. The Balaban J connectivity index is 1.35. The van der Waals surface area contributed by atoms with Crippen LogP contribution in [0.3, 0.4) is 0 Å². The van der Waals surface area contributed by atoms with E-state index in [1.807, 2.05) is 24.3 Å². The minimum absolute atomic E-state index is 0.115. The summed E-state index contributed by atoms with van der Waals surface area (Å²) in [6, 6.07) is 18.6. The van der Waals surface area contributed by atoms with E-state index in [9.17, 15) is 14.9 Å². The Kier molecular flexibility index (Phi) is 6.94. The number of nitrogens with one attached hydrogen (secondary N) is 2. The minimum Gasteiger partial charge on any atom is -0.493 e. The maximum Gasteiger partial charge on any atom is 0.271 e. The number of hydrazone groups is 1. The summed E-state index contributed by atoms with van der Waals surface area (Å²) in [6.07, 6.45) is 1.62. The van der Waals surface area contributed by atoms with Crippen LogP contribution in [0.25, 0.3) is 10.2 Å². The first-order chi connectivity index (χ1) is 16.5. The van der Waals surface area contributed by atoms with Gasteiger partial charge in [0.25, 0.3) is 11.6 Å². The number of carbonyl (C=O) groups is 1. The molecule has 3 aromatic carbocycles. The number of fused-ring (bicyclic) bond motifs is 1. The van der Waals surface area contributed by atoms with E-state index in [0.29, 0.717) is 22.3 Å². The molecule has 1 aromatic heterocycles.